The molecule has 2 aliphatic heterocycles. The normalized spacial score (nSPS) is 56.1. The van der Waals surface area contributed by atoms with Gasteiger partial charge in [0.05, 0.1) is 23.9 Å². The summed E-state index contributed by atoms with van der Waals surface area (Å²) in [7, 11) is 0. The highest BCUT2D eigenvalue weighted by Gasteiger charge is 2.58. The van der Waals surface area contributed by atoms with Gasteiger partial charge in [-0.05, 0) is 37.5 Å². The molecule has 3 aliphatic rings. The zero-order chi connectivity index (χ0) is 11.3. The van der Waals surface area contributed by atoms with Gasteiger partial charge in [0.2, 0.25) is 0 Å². The van der Waals surface area contributed by atoms with Crippen LogP contribution in [0.1, 0.15) is 52.9 Å². The Kier molecular flexibility index (Phi) is 2.56. The van der Waals surface area contributed by atoms with Crippen LogP contribution in [0.3, 0.4) is 0 Å². The molecule has 2 saturated heterocycles. The average Bonchev–Trinajstić information content (AvgIpc) is 2.60. The van der Waals surface area contributed by atoms with E-state index in [1.807, 2.05) is 0 Å². The predicted octanol–water partition coefficient (Wildman–Crippen LogP) is 3.15. The summed E-state index contributed by atoms with van der Waals surface area (Å²) in [4.78, 5) is 0. The zero-order valence-electron chi connectivity index (χ0n) is 10.7. The van der Waals surface area contributed by atoms with Crippen LogP contribution in [0.25, 0.3) is 0 Å². The van der Waals surface area contributed by atoms with E-state index >= 15 is 0 Å². The summed E-state index contributed by atoms with van der Waals surface area (Å²) < 4.78 is 12.6. The molecule has 3 rings (SSSR count). The van der Waals surface area contributed by atoms with Gasteiger partial charge in [-0.3, -0.25) is 0 Å². The number of hydrogen-bond donors (Lipinski definition) is 0. The molecule has 2 nitrogen and oxygen atoms in total. The highest BCUT2D eigenvalue weighted by molar-refractivity contribution is 5.07. The van der Waals surface area contributed by atoms with Gasteiger partial charge < -0.3 is 9.47 Å². The Morgan fingerprint density at radius 1 is 1.19 bits per heavy atom. The molecule has 3 fully saturated rings. The fourth-order valence-corrected chi connectivity index (χ4v) is 4.00. The van der Waals surface area contributed by atoms with Crippen LogP contribution >= 0.6 is 0 Å². The summed E-state index contributed by atoms with van der Waals surface area (Å²) in [6.07, 6.45) is 7.28. The molecule has 2 heterocycles. The van der Waals surface area contributed by atoms with Gasteiger partial charge in [0.1, 0.15) is 0 Å². The quantitative estimate of drug-likeness (QED) is 0.681. The van der Waals surface area contributed by atoms with Crippen molar-refractivity contribution in [3.05, 3.63) is 0 Å². The van der Waals surface area contributed by atoms with E-state index in [4.69, 9.17) is 9.47 Å². The molecule has 0 aromatic heterocycles. The van der Waals surface area contributed by atoms with E-state index in [9.17, 15) is 0 Å². The standard InChI is InChI=1S/C14H24O2/c1-4-11-5-6-13-14(16-11)7-9(2)10(3)12(8-14)15-13/h9-13H,4-8H2,1-3H3/t9-,10?,11+,12-,13+,14+/m1/s1. The van der Waals surface area contributed by atoms with Gasteiger partial charge in [0.25, 0.3) is 0 Å². The van der Waals surface area contributed by atoms with Crippen molar-refractivity contribution in [2.75, 3.05) is 0 Å². The third kappa shape index (κ3) is 1.46. The predicted molar refractivity (Wildman–Crippen MR) is 63.4 cm³/mol. The molecule has 92 valence electrons. The highest BCUT2D eigenvalue weighted by Crippen LogP contribution is 2.52. The Morgan fingerprint density at radius 3 is 2.75 bits per heavy atom. The Hall–Kier alpha value is -0.0800. The van der Waals surface area contributed by atoms with Crippen molar-refractivity contribution in [1.29, 1.82) is 0 Å². The van der Waals surface area contributed by atoms with Gasteiger partial charge in [0.15, 0.2) is 0 Å². The molecule has 1 saturated carbocycles. The van der Waals surface area contributed by atoms with Crippen LogP contribution in [-0.2, 0) is 9.47 Å². The largest absolute Gasteiger partial charge is 0.372 e. The van der Waals surface area contributed by atoms with Crippen LogP contribution in [0.5, 0.6) is 0 Å². The second kappa shape index (κ2) is 3.71. The Bertz CT molecular complexity index is 274. The topological polar surface area (TPSA) is 18.5 Å². The number of hydrogen-bond acceptors (Lipinski definition) is 2. The van der Waals surface area contributed by atoms with Crippen LogP contribution < -0.4 is 0 Å². The Morgan fingerprint density at radius 2 is 2.00 bits per heavy atom. The lowest BCUT2D eigenvalue weighted by molar-refractivity contribution is -0.169. The average molecular weight is 224 g/mol. The van der Waals surface area contributed by atoms with E-state index in [2.05, 4.69) is 20.8 Å². The lowest BCUT2D eigenvalue weighted by Crippen LogP contribution is -2.50. The third-order valence-electron chi connectivity index (χ3n) is 5.23. The fraction of sp³-hybridized carbons (Fsp3) is 1.00. The second-order valence-corrected chi connectivity index (χ2v) is 6.20. The van der Waals surface area contributed by atoms with Crippen molar-refractivity contribution in [1.82, 2.24) is 0 Å². The van der Waals surface area contributed by atoms with Crippen molar-refractivity contribution >= 4 is 0 Å². The SMILES string of the molecule is CC[C@H]1CC[C@@H]2O[C@@H]3C[C@]2(C[C@@H](C)C3C)O1. The molecule has 1 unspecified atom stereocenters. The Labute approximate surface area is 98.7 Å². The van der Waals surface area contributed by atoms with Gasteiger partial charge >= 0.3 is 0 Å². The maximum Gasteiger partial charge on any atom is 0.0974 e. The summed E-state index contributed by atoms with van der Waals surface area (Å²) in [6, 6.07) is 0. The summed E-state index contributed by atoms with van der Waals surface area (Å²) >= 11 is 0. The monoisotopic (exact) mass is 224 g/mol. The lowest BCUT2D eigenvalue weighted by Gasteiger charge is -2.45. The van der Waals surface area contributed by atoms with E-state index in [1.54, 1.807) is 0 Å². The first kappa shape index (κ1) is 11.0. The molecule has 2 heteroatoms. The van der Waals surface area contributed by atoms with Crippen molar-refractivity contribution in [3.63, 3.8) is 0 Å². The van der Waals surface area contributed by atoms with Crippen molar-refractivity contribution in [2.45, 2.75) is 76.8 Å². The first-order chi connectivity index (χ1) is 7.64. The molecule has 16 heavy (non-hydrogen) atoms. The minimum Gasteiger partial charge on any atom is -0.372 e. The number of ether oxygens (including phenoxy) is 2. The first-order valence-electron chi connectivity index (χ1n) is 6.98. The maximum absolute atomic E-state index is 6.41. The van der Waals surface area contributed by atoms with Crippen LogP contribution in [0.2, 0.25) is 0 Å². The number of rotatable bonds is 1. The molecule has 1 spiro atoms. The van der Waals surface area contributed by atoms with Gasteiger partial charge in [-0.2, -0.15) is 0 Å². The van der Waals surface area contributed by atoms with Crippen molar-refractivity contribution in [3.8, 4) is 0 Å². The van der Waals surface area contributed by atoms with E-state index in [-0.39, 0.29) is 5.60 Å². The van der Waals surface area contributed by atoms with Crippen LogP contribution in [0.15, 0.2) is 0 Å². The molecular formula is C14H24O2. The smallest absolute Gasteiger partial charge is 0.0974 e. The third-order valence-corrected chi connectivity index (χ3v) is 5.23. The number of fused-ring (bicyclic) bond motifs is 1. The lowest BCUT2D eigenvalue weighted by atomic mass is 9.70. The molecule has 6 atom stereocenters. The van der Waals surface area contributed by atoms with Crippen molar-refractivity contribution in [2.24, 2.45) is 11.8 Å². The fourth-order valence-electron chi connectivity index (χ4n) is 4.00. The van der Waals surface area contributed by atoms with E-state index in [0.29, 0.717) is 24.2 Å². The molecule has 0 aromatic rings. The van der Waals surface area contributed by atoms with Crippen LogP contribution in [0, 0.1) is 11.8 Å². The molecular weight excluding hydrogens is 200 g/mol. The van der Waals surface area contributed by atoms with Gasteiger partial charge in [-0.15, -0.1) is 0 Å². The summed E-state index contributed by atoms with van der Waals surface area (Å²) in [5, 5.41) is 0. The summed E-state index contributed by atoms with van der Waals surface area (Å²) in [5.74, 6) is 1.46. The minimum atomic E-state index is 0.0928. The molecule has 0 radical (unpaired) electrons. The van der Waals surface area contributed by atoms with Gasteiger partial charge in [0, 0.05) is 6.42 Å². The van der Waals surface area contributed by atoms with Crippen molar-refractivity contribution < 1.29 is 9.47 Å². The summed E-state index contributed by atoms with van der Waals surface area (Å²) in [5.41, 5.74) is 0.0928. The van der Waals surface area contributed by atoms with Crippen LogP contribution in [0.4, 0.5) is 0 Å². The van der Waals surface area contributed by atoms with E-state index < -0.39 is 0 Å². The maximum atomic E-state index is 6.41. The molecule has 0 aromatic carbocycles. The van der Waals surface area contributed by atoms with Gasteiger partial charge in [-0.1, -0.05) is 20.8 Å². The van der Waals surface area contributed by atoms with E-state index in [1.165, 1.54) is 19.3 Å². The summed E-state index contributed by atoms with van der Waals surface area (Å²) in [6.45, 7) is 6.95. The Balaban J connectivity index is 1.84. The minimum absolute atomic E-state index is 0.0928. The molecule has 0 N–H and O–H groups in total. The van der Waals surface area contributed by atoms with Gasteiger partial charge in [-0.25, -0.2) is 0 Å². The molecule has 0 amide bonds. The molecule has 2 bridgehead atoms. The second-order valence-electron chi connectivity index (χ2n) is 6.20. The van der Waals surface area contributed by atoms with E-state index in [0.717, 1.165) is 18.8 Å². The highest BCUT2D eigenvalue weighted by atomic mass is 16.6. The van der Waals surface area contributed by atoms with Crippen LogP contribution in [-0.4, -0.2) is 23.9 Å². The first-order valence-corrected chi connectivity index (χ1v) is 6.98. The zero-order valence-corrected chi connectivity index (χ0v) is 10.7. The molecule has 1 aliphatic carbocycles.